The Hall–Kier alpha value is -0.0400. The average molecular weight is 211 g/mol. The van der Waals surface area contributed by atoms with Crippen LogP contribution in [-0.4, -0.2) is 24.5 Å². The molecule has 0 spiro atoms. The molecule has 1 fully saturated rings. The fraction of sp³-hybridized carbons (Fsp3) is 1.00. The summed E-state index contributed by atoms with van der Waals surface area (Å²) >= 11 is 0. The molecule has 0 N–H and O–H groups in total. The van der Waals surface area contributed by atoms with E-state index in [1.807, 2.05) is 0 Å². The van der Waals surface area contributed by atoms with Gasteiger partial charge < -0.3 is 4.90 Å². The zero-order chi connectivity index (χ0) is 11.3. The lowest BCUT2D eigenvalue weighted by Crippen LogP contribution is -2.41. The fourth-order valence-corrected chi connectivity index (χ4v) is 3.00. The molecule has 0 aromatic carbocycles. The van der Waals surface area contributed by atoms with Gasteiger partial charge in [0.2, 0.25) is 0 Å². The summed E-state index contributed by atoms with van der Waals surface area (Å²) in [7, 11) is 2.34. The maximum atomic E-state index is 2.64. The molecule has 0 heterocycles. The quantitative estimate of drug-likeness (QED) is 0.666. The molecule has 90 valence electrons. The van der Waals surface area contributed by atoms with Crippen molar-refractivity contribution in [3.05, 3.63) is 0 Å². The predicted molar refractivity (Wildman–Crippen MR) is 68.1 cm³/mol. The van der Waals surface area contributed by atoms with Gasteiger partial charge in [0.05, 0.1) is 0 Å². The Morgan fingerprint density at radius 3 is 2.47 bits per heavy atom. The molecular formula is C14H29N. The van der Waals surface area contributed by atoms with Crippen molar-refractivity contribution < 1.29 is 0 Å². The molecule has 1 saturated carbocycles. The van der Waals surface area contributed by atoms with E-state index in [2.05, 4.69) is 32.7 Å². The van der Waals surface area contributed by atoms with E-state index >= 15 is 0 Å². The number of hydrogen-bond acceptors (Lipinski definition) is 1. The van der Waals surface area contributed by atoms with Crippen molar-refractivity contribution in [1.29, 1.82) is 0 Å². The lowest BCUT2D eigenvalue weighted by atomic mass is 9.82. The summed E-state index contributed by atoms with van der Waals surface area (Å²) in [6.07, 6.45) is 8.50. The monoisotopic (exact) mass is 211 g/mol. The molecule has 0 saturated heterocycles. The molecule has 1 aliphatic carbocycles. The zero-order valence-corrected chi connectivity index (χ0v) is 11.1. The van der Waals surface area contributed by atoms with Crippen molar-refractivity contribution in [3.8, 4) is 0 Å². The van der Waals surface area contributed by atoms with Gasteiger partial charge in [-0.05, 0) is 31.7 Å². The standard InChI is InChI=1S/C14H29N/c1-5-12(3)11-15(4)14-10-8-7-9-13(14)6-2/h12-14H,5-11H2,1-4H3. The molecule has 1 aliphatic rings. The first-order valence-electron chi connectivity index (χ1n) is 6.89. The molecular weight excluding hydrogens is 182 g/mol. The minimum Gasteiger partial charge on any atom is -0.303 e. The first-order valence-corrected chi connectivity index (χ1v) is 6.89. The predicted octanol–water partition coefficient (Wildman–Crippen LogP) is 3.93. The van der Waals surface area contributed by atoms with E-state index in [1.54, 1.807) is 0 Å². The molecule has 0 aromatic heterocycles. The molecule has 3 unspecified atom stereocenters. The molecule has 1 rings (SSSR count). The fourth-order valence-electron chi connectivity index (χ4n) is 3.00. The highest BCUT2D eigenvalue weighted by molar-refractivity contribution is 4.81. The van der Waals surface area contributed by atoms with E-state index in [0.29, 0.717) is 0 Å². The molecule has 3 atom stereocenters. The van der Waals surface area contributed by atoms with Gasteiger partial charge in [0.15, 0.2) is 0 Å². The highest BCUT2D eigenvalue weighted by Gasteiger charge is 2.27. The third-order valence-electron chi connectivity index (χ3n) is 4.26. The van der Waals surface area contributed by atoms with Crippen LogP contribution < -0.4 is 0 Å². The van der Waals surface area contributed by atoms with Crippen molar-refractivity contribution in [2.75, 3.05) is 13.6 Å². The van der Waals surface area contributed by atoms with E-state index in [-0.39, 0.29) is 0 Å². The molecule has 0 aromatic rings. The van der Waals surface area contributed by atoms with Crippen LogP contribution in [0.15, 0.2) is 0 Å². The maximum Gasteiger partial charge on any atom is 0.0120 e. The molecule has 0 aliphatic heterocycles. The lowest BCUT2D eigenvalue weighted by molar-refractivity contribution is 0.112. The smallest absolute Gasteiger partial charge is 0.0120 e. The maximum absolute atomic E-state index is 2.64. The van der Waals surface area contributed by atoms with E-state index < -0.39 is 0 Å². The van der Waals surface area contributed by atoms with E-state index in [9.17, 15) is 0 Å². The van der Waals surface area contributed by atoms with Crippen LogP contribution in [0.2, 0.25) is 0 Å². The molecule has 0 bridgehead atoms. The zero-order valence-electron chi connectivity index (χ0n) is 11.1. The van der Waals surface area contributed by atoms with Crippen LogP contribution in [-0.2, 0) is 0 Å². The lowest BCUT2D eigenvalue weighted by Gasteiger charge is -2.38. The normalized spacial score (nSPS) is 29.4. The van der Waals surface area contributed by atoms with Crippen LogP contribution in [0.4, 0.5) is 0 Å². The van der Waals surface area contributed by atoms with Crippen molar-refractivity contribution in [2.45, 2.75) is 65.3 Å². The summed E-state index contributed by atoms with van der Waals surface area (Å²) in [5.74, 6) is 1.82. The van der Waals surface area contributed by atoms with Gasteiger partial charge >= 0.3 is 0 Å². The van der Waals surface area contributed by atoms with Gasteiger partial charge in [-0.25, -0.2) is 0 Å². The van der Waals surface area contributed by atoms with Gasteiger partial charge in [-0.1, -0.05) is 46.5 Å². The SMILES string of the molecule is CCC(C)CN(C)C1CCCCC1CC. The van der Waals surface area contributed by atoms with Gasteiger partial charge in [-0.3, -0.25) is 0 Å². The first-order chi connectivity index (χ1) is 7.19. The summed E-state index contributed by atoms with van der Waals surface area (Å²) in [4.78, 5) is 2.64. The van der Waals surface area contributed by atoms with Gasteiger partial charge in [0, 0.05) is 12.6 Å². The highest BCUT2D eigenvalue weighted by Crippen LogP contribution is 2.30. The van der Waals surface area contributed by atoms with Crippen LogP contribution in [0.3, 0.4) is 0 Å². The van der Waals surface area contributed by atoms with Crippen molar-refractivity contribution in [3.63, 3.8) is 0 Å². The van der Waals surface area contributed by atoms with E-state index in [1.165, 1.54) is 45.1 Å². The molecule has 1 nitrogen and oxygen atoms in total. The van der Waals surface area contributed by atoms with E-state index in [4.69, 9.17) is 0 Å². The first kappa shape index (κ1) is 13.0. The van der Waals surface area contributed by atoms with Crippen molar-refractivity contribution in [1.82, 2.24) is 4.90 Å². The molecule has 0 amide bonds. The van der Waals surface area contributed by atoms with Gasteiger partial charge in [-0.2, -0.15) is 0 Å². The second kappa shape index (κ2) is 6.52. The van der Waals surface area contributed by atoms with Gasteiger partial charge in [0.1, 0.15) is 0 Å². The van der Waals surface area contributed by atoms with Gasteiger partial charge in [-0.15, -0.1) is 0 Å². The Balaban J connectivity index is 2.44. The third kappa shape index (κ3) is 3.79. The minimum absolute atomic E-state index is 0.856. The second-order valence-electron chi connectivity index (χ2n) is 5.47. The van der Waals surface area contributed by atoms with Crippen LogP contribution in [0.1, 0.15) is 59.3 Å². The Labute approximate surface area is 96.2 Å². The van der Waals surface area contributed by atoms with Crippen LogP contribution in [0.25, 0.3) is 0 Å². The number of nitrogens with zero attached hydrogens (tertiary/aromatic N) is 1. The summed E-state index contributed by atoms with van der Waals surface area (Å²) in [5, 5.41) is 0. The van der Waals surface area contributed by atoms with Crippen LogP contribution in [0.5, 0.6) is 0 Å². The summed E-state index contributed by atoms with van der Waals surface area (Å²) in [5.41, 5.74) is 0. The Morgan fingerprint density at radius 2 is 1.87 bits per heavy atom. The Kier molecular flexibility index (Phi) is 5.66. The Morgan fingerprint density at radius 1 is 1.20 bits per heavy atom. The van der Waals surface area contributed by atoms with Gasteiger partial charge in [0.25, 0.3) is 0 Å². The van der Waals surface area contributed by atoms with Crippen molar-refractivity contribution >= 4 is 0 Å². The topological polar surface area (TPSA) is 3.24 Å². The van der Waals surface area contributed by atoms with Crippen LogP contribution >= 0.6 is 0 Å². The second-order valence-corrected chi connectivity index (χ2v) is 5.47. The summed E-state index contributed by atoms with van der Waals surface area (Å²) < 4.78 is 0. The van der Waals surface area contributed by atoms with E-state index in [0.717, 1.165) is 17.9 Å². The Bertz CT molecular complexity index is 167. The van der Waals surface area contributed by atoms with Crippen molar-refractivity contribution in [2.24, 2.45) is 11.8 Å². The van der Waals surface area contributed by atoms with Crippen LogP contribution in [0, 0.1) is 11.8 Å². The average Bonchev–Trinajstić information content (AvgIpc) is 2.28. The number of hydrogen-bond donors (Lipinski definition) is 0. The molecule has 15 heavy (non-hydrogen) atoms. The summed E-state index contributed by atoms with van der Waals surface area (Å²) in [6.45, 7) is 8.33. The summed E-state index contributed by atoms with van der Waals surface area (Å²) in [6, 6.07) is 0.873. The molecule has 1 heteroatoms. The highest BCUT2D eigenvalue weighted by atomic mass is 15.1. The number of rotatable bonds is 5. The third-order valence-corrected chi connectivity index (χ3v) is 4.26. The molecule has 0 radical (unpaired) electrons. The largest absolute Gasteiger partial charge is 0.303 e. The minimum atomic E-state index is 0.856.